The maximum Gasteiger partial charge on any atom is 0.417 e. The Bertz CT molecular complexity index is 741. The smallest absolute Gasteiger partial charge is 0.417 e. The Morgan fingerprint density at radius 2 is 2.04 bits per heavy atom. The third-order valence-corrected chi connectivity index (χ3v) is 3.76. The summed E-state index contributed by atoms with van der Waals surface area (Å²) in [6, 6.07) is 3.19. The van der Waals surface area contributed by atoms with Gasteiger partial charge in [-0.25, -0.2) is 4.79 Å². The van der Waals surface area contributed by atoms with Crippen molar-refractivity contribution in [1.29, 1.82) is 0 Å². The van der Waals surface area contributed by atoms with Crippen molar-refractivity contribution in [3.63, 3.8) is 0 Å². The number of alkyl halides is 3. The molecule has 0 saturated carbocycles. The number of allylic oxidation sites excluding steroid dienone is 2. The Balaban J connectivity index is 2.18. The van der Waals surface area contributed by atoms with Gasteiger partial charge in [0.2, 0.25) is 0 Å². The Morgan fingerprint density at radius 3 is 2.68 bits per heavy atom. The van der Waals surface area contributed by atoms with Gasteiger partial charge in [-0.1, -0.05) is 17.7 Å². The highest BCUT2D eigenvalue weighted by atomic mass is 35.5. The Morgan fingerprint density at radius 1 is 1.32 bits per heavy atom. The SMILES string of the molecule is CCOC(=O)C1=CC=CN(CC(=O)c2c(Cl)cccc2C(F)(F)F)C1. The van der Waals surface area contributed by atoms with Crippen molar-refractivity contribution in [2.45, 2.75) is 13.1 Å². The third-order valence-electron chi connectivity index (χ3n) is 3.45. The van der Waals surface area contributed by atoms with Crippen LogP contribution in [-0.2, 0) is 15.7 Å². The summed E-state index contributed by atoms with van der Waals surface area (Å²) in [5.41, 5.74) is -1.34. The van der Waals surface area contributed by atoms with E-state index < -0.39 is 29.1 Å². The number of carbonyl (C=O) groups excluding carboxylic acids is 2. The fourth-order valence-corrected chi connectivity index (χ4v) is 2.66. The zero-order valence-corrected chi connectivity index (χ0v) is 14.0. The molecule has 0 fully saturated rings. The number of carbonyl (C=O) groups is 2. The van der Waals surface area contributed by atoms with Gasteiger partial charge in [0.1, 0.15) is 0 Å². The fourth-order valence-electron chi connectivity index (χ4n) is 2.38. The van der Waals surface area contributed by atoms with Gasteiger partial charge < -0.3 is 9.64 Å². The highest BCUT2D eigenvalue weighted by molar-refractivity contribution is 6.34. The second kappa shape index (κ2) is 7.74. The minimum absolute atomic E-state index is 0.0624. The van der Waals surface area contributed by atoms with Gasteiger partial charge in [-0.3, -0.25) is 4.79 Å². The normalized spacial score (nSPS) is 14.3. The van der Waals surface area contributed by atoms with E-state index >= 15 is 0 Å². The summed E-state index contributed by atoms with van der Waals surface area (Å²) in [5.74, 6) is -1.31. The van der Waals surface area contributed by atoms with Crippen molar-refractivity contribution in [1.82, 2.24) is 4.90 Å². The molecule has 0 spiro atoms. The average Bonchev–Trinajstić information content (AvgIpc) is 2.54. The van der Waals surface area contributed by atoms with Gasteiger partial charge in [0.05, 0.1) is 41.4 Å². The molecule has 0 atom stereocenters. The van der Waals surface area contributed by atoms with Crippen LogP contribution in [0.1, 0.15) is 22.8 Å². The van der Waals surface area contributed by atoms with Gasteiger partial charge in [-0.05, 0) is 37.4 Å². The van der Waals surface area contributed by atoms with Gasteiger partial charge in [-0.2, -0.15) is 13.2 Å². The van der Waals surface area contributed by atoms with E-state index in [0.29, 0.717) is 5.57 Å². The van der Waals surface area contributed by atoms with Crippen LogP contribution in [0.5, 0.6) is 0 Å². The molecule has 0 unspecified atom stereocenters. The summed E-state index contributed by atoms with van der Waals surface area (Å²) < 4.78 is 44.2. The molecule has 1 aromatic rings. The number of benzene rings is 1. The van der Waals surface area contributed by atoms with Crippen LogP contribution in [0.25, 0.3) is 0 Å². The number of nitrogens with zero attached hydrogens (tertiary/aromatic N) is 1. The van der Waals surface area contributed by atoms with Crippen LogP contribution in [-0.4, -0.2) is 36.3 Å². The number of rotatable bonds is 5. The minimum Gasteiger partial charge on any atom is -0.463 e. The average molecular weight is 374 g/mol. The molecular formula is C17H15ClF3NO3. The first kappa shape index (κ1) is 19.1. The number of Topliss-reactive ketones (excluding diaryl/α,β-unsaturated/α-hetero) is 1. The van der Waals surface area contributed by atoms with Gasteiger partial charge >= 0.3 is 12.1 Å². The van der Waals surface area contributed by atoms with E-state index in [0.717, 1.165) is 12.1 Å². The summed E-state index contributed by atoms with van der Waals surface area (Å²) >= 11 is 5.83. The standard InChI is InChI=1S/C17H15ClF3NO3/c1-2-25-16(24)11-5-4-8-22(9-11)10-14(23)15-12(17(19,20)21)6-3-7-13(15)18/h3-8H,2,9-10H2,1H3. The van der Waals surface area contributed by atoms with Crippen LogP contribution < -0.4 is 0 Å². The van der Waals surface area contributed by atoms with Crippen LogP contribution in [0.15, 0.2) is 42.1 Å². The lowest BCUT2D eigenvalue weighted by Crippen LogP contribution is -2.32. The summed E-state index contributed by atoms with van der Waals surface area (Å²) in [7, 11) is 0. The van der Waals surface area contributed by atoms with Crippen LogP contribution >= 0.6 is 11.6 Å². The molecule has 0 amide bonds. The predicted octanol–water partition coefficient (Wildman–Crippen LogP) is 3.86. The molecule has 1 heterocycles. The van der Waals surface area contributed by atoms with Crippen LogP contribution in [0.4, 0.5) is 13.2 Å². The van der Waals surface area contributed by atoms with E-state index in [1.54, 1.807) is 6.92 Å². The summed E-state index contributed by atoms with van der Waals surface area (Å²) in [4.78, 5) is 25.6. The number of hydrogen-bond acceptors (Lipinski definition) is 4. The van der Waals surface area contributed by atoms with Crippen molar-refractivity contribution in [3.05, 3.63) is 58.3 Å². The maximum absolute atomic E-state index is 13.1. The van der Waals surface area contributed by atoms with E-state index in [9.17, 15) is 22.8 Å². The topological polar surface area (TPSA) is 46.6 Å². The number of halogens is 4. The first-order valence-corrected chi connectivity index (χ1v) is 7.79. The molecule has 2 rings (SSSR count). The Labute approximate surface area is 147 Å². The number of hydrogen-bond donors (Lipinski definition) is 0. The summed E-state index contributed by atoms with van der Waals surface area (Å²) in [6.07, 6.45) is -0.107. The molecule has 0 radical (unpaired) electrons. The number of ketones is 1. The summed E-state index contributed by atoms with van der Waals surface area (Å²) in [5, 5.41) is -0.262. The lowest BCUT2D eigenvalue weighted by atomic mass is 10.0. The van der Waals surface area contributed by atoms with Crippen LogP contribution in [0.2, 0.25) is 5.02 Å². The molecule has 0 saturated heterocycles. The molecule has 25 heavy (non-hydrogen) atoms. The van der Waals surface area contributed by atoms with Gasteiger partial charge in [0.25, 0.3) is 0 Å². The quantitative estimate of drug-likeness (QED) is 0.581. The zero-order chi connectivity index (χ0) is 18.6. The van der Waals surface area contributed by atoms with Crippen molar-refractivity contribution in [2.75, 3.05) is 19.7 Å². The van der Waals surface area contributed by atoms with Crippen molar-refractivity contribution in [3.8, 4) is 0 Å². The number of ether oxygens (including phenoxy) is 1. The van der Waals surface area contributed by atoms with Crippen LogP contribution in [0, 0.1) is 0 Å². The molecule has 0 bridgehead atoms. The minimum atomic E-state index is -4.69. The zero-order valence-electron chi connectivity index (χ0n) is 13.3. The summed E-state index contributed by atoms with van der Waals surface area (Å²) in [6.45, 7) is 1.58. The maximum atomic E-state index is 13.1. The lowest BCUT2D eigenvalue weighted by molar-refractivity contribution is -0.139. The third kappa shape index (κ3) is 4.63. The van der Waals surface area contributed by atoms with E-state index in [1.807, 2.05) is 0 Å². The molecular weight excluding hydrogens is 359 g/mol. The van der Waals surface area contributed by atoms with E-state index in [2.05, 4.69) is 0 Å². The van der Waals surface area contributed by atoms with Crippen molar-refractivity contribution < 1.29 is 27.5 Å². The highest BCUT2D eigenvalue weighted by Crippen LogP contribution is 2.35. The second-order valence-electron chi connectivity index (χ2n) is 5.24. The molecule has 8 heteroatoms. The number of esters is 1. The Kier molecular flexibility index (Phi) is 5.89. The van der Waals surface area contributed by atoms with Gasteiger partial charge in [0.15, 0.2) is 5.78 Å². The molecule has 1 aliphatic heterocycles. The van der Waals surface area contributed by atoms with E-state index in [-0.39, 0.29) is 24.7 Å². The molecule has 0 N–H and O–H groups in total. The monoisotopic (exact) mass is 373 g/mol. The first-order chi connectivity index (χ1) is 11.7. The fraction of sp³-hybridized carbons (Fsp3) is 0.294. The van der Waals surface area contributed by atoms with E-state index in [1.165, 1.54) is 29.3 Å². The van der Waals surface area contributed by atoms with Crippen molar-refractivity contribution >= 4 is 23.4 Å². The molecule has 1 aliphatic rings. The molecule has 134 valence electrons. The molecule has 1 aromatic carbocycles. The second-order valence-corrected chi connectivity index (χ2v) is 5.65. The molecule has 4 nitrogen and oxygen atoms in total. The predicted molar refractivity (Wildman–Crippen MR) is 86.2 cm³/mol. The molecule has 0 aliphatic carbocycles. The van der Waals surface area contributed by atoms with Crippen molar-refractivity contribution in [2.24, 2.45) is 0 Å². The van der Waals surface area contributed by atoms with Gasteiger partial charge in [0, 0.05) is 0 Å². The van der Waals surface area contributed by atoms with Crippen LogP contribution in [0.3, 0.4) is 0 Å². The van der Waals surface area contributed by atoms with E-state index in [4.69, 9.17) is 16.3 Å². The van der Waals surface area contributed by atoms with Gasteiger partial charge in [-0.15, -0.1) is 0 Å². The lowest BCUT2D eigenvalue weighted by Gasteiger charge is -2.24. The molecule has 0 aromatic heterocycles. The first-order valence-electron chi connectivity index (χ1n) is 7.41. The Hall–Kier alpha value is -2.28. The highest BCUT2D eigenvalue weighted by Gasteiger charge is 2.36. The largest absolute Gasteiger partial charge is 0.463 e.